The van der Waals surface area contributed by atoms with Crippen LogP contribution in [0.15, 0.2) is 24.5 Å². The van der Waals surface area contributed by atoms with Crippen molar-refractivity contribution < 1.29 is 13.2 Å². The first-order valence-electron chi connectivity index (χ1n) is 6.47. The standard InChI is InChI=1S/C12H13N5O3S2/c13-22(19,20)7-8-5-10(18)17(6-8)12-16-15-11(21-12)9-1-3-14-4-2-9/h1-4,8H,5-7H2,(H2,13,19,20). The number of anilines is 1. The van der Waals surface area contributed by atoms with E-state index in [1.807, 2.05) is 0 Å². The lowest BCUT2D eigenvalue weighted by Gasteiger charge is -2.11. The van der Waals surface area contributed by atoms with Gasteiger partial charge in [-0.05, 0) is 12.1 Å². The quantitative estimate of drug-likeness (QED) is 0.852. The molecule has 0 aliphatic carbocycles. The summed E-state index contributed by atoms with van der Waals surface area (Å²) in [4.78, 5) is 17.4. The molecule has 1 aliphatic rings. The molecule has 0 radical (unpaired) electrons. The van der Waals surface area contributed by atoms with Crippen LogP contribution < -0.4 is 10.0 Å². The Bertz CT molecular complexity index is 790. The Hall–Kier alpha value is -1.91. The number of carbonyl (C=O) groups is 1. The van der Waals surface area contributed by atoms with Crippen molar-refractivity contribution in [2.45, 2.75) is 6.42 Å². The molecule has 2 N–H and O–H groups in total. The first-order valence-corrected chi connectivity index (χ1v) is 9.00. The van der Waals surface area contributed by atoms with Crippen molar-refractivity contribution >= 4 is 32.4 Å². The number of primary sulfonamides is 1. The van der Waals surface area contributed by atoms with Gasteiger partial charge in [0, 0.05) is 36.8 Å². The number of hydrogen-bond donors (Lipinski definition) is 1. The zero-order valence-corrected chi connectivity index (χ0v) is 13.0. The molecule has 3 heterocycles. The molecule has 8 nitrogen and oxygen atoms in total. The number of amides is 1. The van der Waals surface area contributed by atoms with Gasteiger partial charge in [0.1, 0.15) is 5.01 Å². The minimum Gasteiger partial charge on any atom is -0.286 e. The predicted molar refractivity (Wildman–Crippen MR) is 81.6 cm³/mol. The smallest absolute Gasteiger partial charge is 0.229 e. The normalized spacial score (nSPS) is 18.9. The van der Waals surface area contributed by atoms with Crippen molar-refractivity contribution in [1.29, 1.82) is 0 Å². The molecule has 1 saturated heterocycles. The average Bonchev–Trinajstić information content (AvgIpc) is 3.05. The van der Waals surface area contributed by atoms with Crippen LogP contribution in [-0.4, -0.2) is 41.8 Å². The van der Waals surface area contributed by atoms with E-state index in [2.05, 4.69) is 15.2 Å². The van der Waals surface area contributed by atoms with E-state index < -0.39 is 10.0 Å². The summed E-state index contributed by atoms with van der Waals surface area (Å²) in [6.45, 7) is 0.292. The highest BCUT2D eigenvalue weighted by atomic mass is 32.2. The molecule has 0 aromatic carbocycles. The molecule has 1 fully saturated rings. The highest BCUT2D eigenvalue weighted by Gasteiger charge is 2.34. The fourth-order valence-corrected chi connectivity index (χ4v) is 4.10. The molecule has 22 heavy (non-hydrogen) atoms. The first kappa shape index (κ1) is 15.0. The Morgan fingerprint density at radius 2 is 2.05 bits per heavy atom. The zero-order valence-electron chi connectivity index (χ0n) is 11.4. The molecule has 0 spiro atoms. The van der Waals surface area contributed by atoms with E-state index in [9.17, 15) is 13.2 Å². The molecule has 2 aromatic rings. The summed E-state index contributed by atoms with van der Waals surface area (Å²) in [5.41, 5.74) is 0.867. The molecule has 1 atom stereocenters. The van der Waals surface area contributed by atoms with Crippen LogP contribution in [0.2, 0.25) is 0 Å². The van der Waals surface area contributed by atoms with Crippen LogP contribution in [0.1, 0.15) is 6.42 Å². The molecular weight excluding hydrogens is 326 g/mol. The number of nitrogens with two attached hydrogens (primary N) is 1. The molecule has 0 bridgehead atoms. The Balaban J connectivity index is 1.78. The lowest BCUT2D eigenvalue weighted by molar-refractivity contribution is -0.117. The molecule has 2 aromatic heterocycles. The summed E-state index contributed by atoms with van der Waals surface area (Å²) in [5, 5.41) is 14.3. The van der Waals surface area contributed by atoms with Crippen molar-refractivity contribution in [3.63, 3.8) is 0 Å². The molecule has 116 valence electrons. The van der Waals surface area contributed by atoms with Gasteiger partial charge in [-0.2, -0.15) is 0 Å². The maximum atomic E-state index is 12.0. The van der Waals surface area contributed by atoms with Crippen LogP contribution in [0, 0.1) is 5.92 Å². The maximum Gasteiger partial charge on any atom is 0.229 e. The number of carbonyl (C=O) groups excluding carboxylic acids is 1. The van der Waals surface area contributed by atoms with Gasteiger partial charge in [-0.1, -0.05) is 11.3 Å². The number of rotatable bonds is 4. The summed E-state index contributed by atoms with van der Waals surface area (Å²) in [5.74, 6) is -0.674. The fourth-order valence-electron chi connectivity index (χ4n) is 2.34. The highest BCUT2D eigenvalue weighted by Crippen LogP contribution is 2.32. The summed E-state index contributed by atoms with van der Waals surface area (Å²) in [7, 11) is -3.59. The number of sulfonamides is 1. The summed E-state index contributed by atoms with van der Waals surface area (Å²) >= 11 is 1.28. The van der Waals surface area contributed by atoms with Crippen LogP contribution in [0.5, 0.6) is 0 Å². The summed E-state index contributed by atoms with van der Waals surface area (Å²) in [6, 6.07) is 3.61. The van der Waals surface area contributed by atoms with Crippen molar-refractivity contribution in [3.8, 4) is 10.6 Å². The monoisotopic (exact) mass is 339 g/mol. The van der Waals surface area contributed by atoms with Gasteiger partial charge >= 0.3 is 0 Å². The molecule has 1 unspecified atom stereocenters. The van der Waals surface area contributed by atoms with Gasteiger partial charge in [-0.25, -0.2) is 13.6 Å². The second-order valence-electron chi connectivity index (χ2n) is 5.03. The number of pyridine rings is 1. The van der Waals surface area contributed by atoms with Crippen LogP contribution in [0.3, 0.4) is 0 Å². The lowest BCUT2D eigenvalue weighted by atomic mass is 10.1. The Labute approximate surface area is 131 Å². The molecule has 3 rings (SSSR count). The van der Waals surface area contributed by atoms with Crippen LogP contribution >= 0.6 is 11.3 Å². The lowest BCUT2D eigenvalue weighted by Crippen LogP contribution is -2.27. The second kappa shape index (κ2) is 5.71. The zero-order chi connectivity index (χ0) is 15.7. The van der Waals surface area contributed by atoms with E-state index in [4.69, 9.17) is 5.14 Å². The minimum atomic E-state index is -3.59. The largest absolute Gasteiger partial charge is 0.286 e. The predicted octanol–water partition coefficient (Wildman–Crippen LogP) is 0.242. The second-order valence-corrected chi connectivity index (χ2v) is 7.64. The van der Waals surface area contributed by atoms with E-state index in [0.717, 1.165) is 5.56 Å². The van der Waals surface area contributed by atoms with Gasteiger partial charge in [0.15, 0.2) is 0 Å². The maximum absolute atomic E-state index is 12.0. The highest BCUT2D eigenvalue weighted by molar-refractivity contribution is 7.89. The SMILES string of the molecule is NS(=O)(=O)CC1CC(=O)N(c2nnc(-c3ccncc3)s2)C1. The molecular formula is C12H13N5O3S2. The topological polar surface area (TPSA) is 119 Å². The summed E-state index contributed by atoms with van der Waals surface area (Å²) in [6.07, 6.45) is 3.46. The van der Waals surface area contributed by atoms with E-state index in [0.29, 0.717) is 16.7 Å². The Kier molecular flexibility index (Phi) is 3.89. The molecule has 10 heteroatoms. The van der Waals surface area contributed by atoms with Gasteiger partial charge in [0.25, 0.3) is 0 Å². The van der Waals surface area contributed by atoms with Crippen molar-refractivity contribution in [3.05, 3.63) is 24.5 Å². The third-order valence-corrected chi connectivity index (χ3v) is 5.18. The van der Waals surface area contributed by atoms with E-state index >= 15 is 0 Å². The van der Waals surface area contributed by atoms with Gasteiger partial charge in [0.05, 0.1) is 5.75 Å². The number of hydrogen-bond acceptors (Lipinski definition) is 7. The van der Waals surface area contributed by atoms with E-state index in [1.54, 1.807) is 24.5 Å². The number of aromatic nitrogens is 3. The van der Waals surface area contributed by atoms with Crippen molar-refractivity contribution in [2.24, 2.45) is 11.1 Å². The molecule has 1 amide bonds. The number of nitrogens with zero attached hydrogens (tertiary/aromatic N) is 4. The average molecular weight is 339 g/mol. The molecule has 0 saturated carbocycles. The van der Waals surface area contributed by atoms with Gasteiger partial charge in [0.2, 0.25) is 21.1 Å². The van der Waals surface area contributed by atoms with Gasteiger partial charge in [-0.15, -0.1) is 10.2 Å². The van der Waals surface area contributed by atoms with Crippen molar-refractivity contribution in [2.75, 3.05) is 17.2 Å². The van der Waals surface area contributed by atoms with Crippen molar-refractivity contribution in [1.82, 2.24) is 15.2 Å². The van der Waals surface area contributed by atoms with E-state index in [-0.39, 0.29) is 24.0 Å². The third-order valence-electron chi connectivity index (χ3n) is 3.25. The van der Waals surface area contributed by atoms with Crippen LogP contribution in [0.4, 0.5) is 5.13 Å². The van der Waals surface area contributed by atoms with Gasteiger partial charge in [-0.3, -0.25) is 14.7 Å². The van der Waals surface area contributed by atoms with Crippen LogP contribution in [0.25, 0.3) is 10.6 Å². The fraction of sp³-hybridized carbons (Fsp3) is 0.333. The van der Waals surface area contributed by atoms with Crippen LogP contribution in [-0.2, 0) is 14.8 Å². The minimum absolute atomic E-state index is 0.153. The first-order chi connectivity index (χ1) is 10.4. The van der Waals surface area contributed by atoms with Gasteiger partial charge < -0.3 is 0 Å². The third kappa shape index (κ3) is 3.29. The Morgan fingerprint density at radius 3 is 2.73 bits per heavy atom. The van der Waals surface area contributed by atoms with E-state index in [1.165, 1.54) is 16.2 Å². The Morgan fingerprint density at radius 1 is 1.32 bits per heavy atom. The molecule has 1 aliphatic heterocycles. The summed E-state index contributed by atoms with van der Waals surface area (Å²) < 4.78 is 22.3.